The summed E-state index contributed by atoms with van der Waals surface area (Å²) in [5.41, 5.74) is 2.65. The lowest BCUT2D eigenvalue weighted by atomic mass is 9.98. The summed E-state index contributed by atoms with van der Waals surface area (Å²) in [4.78, 5) is 4.42. The highest BCUT2D eigenvalue weighted by atomic mass is 32.2. The average molecular weight is 381 g/mol. The molecule has 1 aliphatic rings. The molecule has 1 aromatic carbocycles. The number of nitrogens with zero attached hydrogens (tertiary/aromatic N) is 1. The van der Waals surface area contributed by atoms with E-state index in [0.29, 0.717) is 11.6 Å². The van der Waals surface area contributed by atoms with E-state index in [1.807, 2.05) is 0 Å². The van der Waals surface area contributed by atoms with Crippen LogP contribution in [0.3, 0.4) is 0 Å². The Hall–Kier alpha value is -2.15. The predicted molar refractivity (Wildman–Crippen MR) is 94.0 cm³/mol. The first kappa shape index (κ1) is 18.6. The number of benzene rings is 1. The first-order chi connectivity index (χ1) is 12.1. The number of alkyl halides is 3. The molecule has 7 heteroatoms. The van der Waals surface area contributed by atoms with E-state index in [0.717, 1.165) is 47.9 Å². The minimum Gasteiger partial charge on any atom is -0.255 e. The van der Waals surface area contributed by atoms with E-state index >= 15 is 0 Å². The van der Waals surface area contributed by atoms with Crippen LogP contribution in [0, 0.1) is 5.92 Å². The highest BCUT2D eigenvalue weighted by Crippen LogP contribution is 2.43. The minimum atomic E-state index is -4.36. The Morgan fingerprint density at radius 3 is 2.12 bits per heavy atom. The number of pyridine rings is 1. The fourth-order valence-corrected chi connectivity index (χ4v) is 3.76. The molecule has 26 heavy (non-hydrogen) atoms. The van der Waals surface area contributed by atoms with Gasteiger partial charge in [0, 0.05) is 12.5 Å². The maximum absolute atomic E-state index is 12.8. The zero-order chi connectivity index (χ0) is 19.1. The summed E-state index contributed by atoms with van der Waals surface area (Å²) in [5, 5.41) is 0. The first-order valence-corrected chi connectivity index (χ1v) is 10.0. The van der Waals surface area contributed by atoms with Gasteiger partial charge in [-0.05, 0) is 59.7 Å². The summed E-state index contributed by atoms with van der Waals surface area (Å²) in [7, 11) is -3.32. The van der Waals surface area contributed by atoms with Crippen LogP contribution in [0.15, 0.2) is 47.5 Å². The van der Waals surface area contributed by atoms with Crippen molar-refractivity contribution in [1.29, 1.82) is 0 Å². The molecule has 0 saturated heterocycles. The van der Waals surface area contributed by atoms with Crippen molar-refractivity contribution in [2.24, 2.45) is 5.92 Å². The third kappa shape index (κ3) is 3.82. The van der Waals surface area contributed by atoms with Crippen molar-refractivity contribution >= 4 is 21.0 Å². The quantitative estimate of drug-likeness (QED) is 0.764. The lowest BCUT2D eigenvalue weighted by molar-refractivity contribution is -0.137. The molecule has 0 aliphatic heterocycles. The molecule has 0 radical (unpaired) electrons. The van der Waals surface area contributed by atoms with Gasteiger partial charge in [0.25, 0.3) is 0 Å². The van der Waals surface area contributed by atoms with Gasteiger partial charge in [-0.25, -0.2) is 8.42 Å². The molecule has 1 aromatic heterocycles. The fraction of sp³-hybridized carbons (Fsp3) is 0.316. The van der Waals surface area contributed by atoms with Crippen molar-refractivity contribution < 1.29 is 21.6 Å². The van der Waals surface area contributed by atoms with Crippen LogP contribution >= 0.6 is 0 Å². The maximum atomic E-state index is 12.8. The zero-order valence-corrected chi connectivity index (χ0v) is 15.2. The van der Waals surface area contributed by atoms with Gasteiger partial charge in [0.1, 0.15) is 0 Å². The molecule has 1 heterocycles. The van der Waals surface area contributed by atoms with Gasteiger partial charge in [0.2, 0.25) is 0 Å². The van der Waals surface area contributed by atoms with Crippen molar-refractivity contribution in [3.8, 4) is 0 Å². The number of aromatic nitrogens is 1. The Kier molecular flexibility index (Phi) is 4.69. The average Bonchev–Trinajstić information content (AvgIpc) is 2.95. The smallest absolute Gasteiger partial charge is 0.255 e. The lowest BCUT2D eigenvalue weighted by Gasteiger charge is -2.11. The second-order valence-corrected chi connectivity index (χ2v) is 8.71. The van der Waals surface area contributed by atoms with Gasteiger partial charge in [0.15, 0.2) is 9.84 Å². The normalized spacial score (nSPS) is 18.4. The first-order valence-electron chi connectivity index (χ1n) is 8.12. The standard InChI is InChI=1S/C19H18F3NO2S/c1-12-9-16(13-3-5-14(6-4-13)19(20,21)22)17(10-12)18-8-7-15(11-23-18)26(2,24)25/h3-8,11-12H,9-10H2,1-2H3. The van der Waals surface area contributed by atoms with E-state index in [1.54, 1.807) is 6.07 Å². The van der Waals surface area contributed by atoms with Crippen LogP contribution in [-0.2, 0) is 16.0 Å². The summed E-state index contributed by atoms with van der Waals surface area (Å²) in [5.74, 6) is 0.346. The van der Waals surface area contributed by atoms with Gasteiger partial charge in [0.05, 0.1) is 16.2 Å². The van der Waals surface area contributed by atoms with E-state index in [4.69, 9.17) is 0 Å². The summed E-state index contributed by atoms with van der Waals surface area (Å²) < 4.78 is 61.4. The third-order valence-corrected chi connectivity index (χ3v) is 5.60. The molecule has 3 rings (SSSR count). The Morgan fingerprint density at radius 1 is 1.00 bits per heavy atom. The van der Waals surface area contributed by atoms with Crippen molar-refractivity contribution in [1.82, 2.24) is 4.98 Å². The van der Waals surface area contributed by atoms with E-state index in [2.05, 4.69) is 11.9 Å². The largest absolute Gasteiger partial charge is 0.416 e. The number of hydrogen-bond donors (Lipinski definition) is 0. The van der Waals surface area contributed by atoms with Crippen LogP contribution < -0.4 is 0 Å². The van der Waals surface area contributed by atoms with Crippen LogP contribution in [0.4, 0.5) is 13.2 Å². The molecule has 1 atom stereocenters. The van der Waals surface area contributed by atoms with Crippen molar-refractivity contribution in [3.63, 3.8) is 0 Å². The van der Waals surface area contributed by atoms with Gasteiger partial charge in [-0.2, -0.15) is 13.2 Å². The monoisotopic (exact) mass is 381 g/mol. The number of allylic oxidation sites excluding steroid dienone is 2. The van der Waals surface area contributed by atoms with Crippen LogP contribution in [0.5, 0.6) is 0 Å². The molecule has 0 amide bonds. The number of rotatable bonds is 3. The fourth-order valence-electron chi connectivity index (χ4n) is 3.21. The molecule has 0 spiro atoms. The highest BCUT2D eigenvalue weighted by Gasteiger charge is 2.31. The van der Waals surface area contributed by atoms with Crippen LogP contribution in [-0.4, -0.2) is 19.7 Å². The molecule has 1 aliphatic carbocycles. The minimum absolute atomic E-state index is 0.143. The van der Waals surface area contributed by atoms with Gasteiger partial charge in [-0.3, -0.25) is 4.98 Å². The van der Waals surface area contributed by atoms with Gasteiger partial charge in [-0.1, -0.05) is 19.1 Å². The van der Waals surface area contributed by atoms with Crippen molar-refractivity contribution in [2.75, 3.05) is 6.26 Å². The summed E-state index contributed by atoms with van der Waals surface area (Å²) in [6.45, 7) is 2.07. The number of hydrogen-bond acceptors (Lipinski definition) is 3. The van der Waals surface area contributed by atoms with Crippen LogP contribution in [0.2, 0.25) is 0 Å². The summed E-state index contributed by atoms with van der Waals surface area (Å²) >= 11 is 0. The topological polar surface area (TPSA) is 47.0 Å². The van der Waals surface area contributed by atoms with Crippen LogP contribution in [0.25, 0.3) is 11.1 Å². The van der Waals surface area contributed by atoms with Gasteiger partial charge in [-0.15, -0.1) is 0 Å². The van der Waals surface area contributed by atoms with Gasteiger partial charge < -0.3 is 0 Å². The molecule has 138 valence electrons. The second-order valence-electron chi connectivity index (χ2n) is 6.70. The SMILES string of the molecule is CC1CC(c2ccc(C(F)(F)F)cc2)=C(c2ccc(S(C)(=O)=O)cn2)C1. The number of sulfone groups is 1. The maximum Gasteiger partial charge on any atom is 0.416 e. The molecule has 0 fully saturated rings. The Labute approximate surface area is 150 Å². The van der Waals surface area contributed by atoms with E-state index in [-0.39, 0.29) is 4.90 Å². The van der Waals surface area contributed by atoms with E-state index in [1.165, 1.54) is 24.4 Å². The molecular weight excluding hydrogens is 363 g/mol. The third-order valence-electron chi connectivity index (χ3n) is 4.50. The number of halogens is 3. The van der Waals surface area contributed by atoms with Crippen molar-refractivity contribution in [2.45, 2.75) is 30.8 Å². The molecule has 0 N–H and O–H groups in total. The molecule has 0 bridgehead atoms. The van der Waals surface area contributed by atoms with Gasteiger partial charge >= 0.3 is 6.18 Å². The Balaban J connectivity index is 2.00. The molecule has 3 nitrogen and oxygen atoms in total. The van der Waals surface area contributed by atoms with Crippen molar-refractivity contribution in [3.05, 3.63) is 59.4 Å². The van der Waals surface area contributed by atoms with Crippen LogP contribution in [0.1, 0.15) is 36.6 Å². The summed E-state index contributed by atoms with van der Waals surface area (Å²) in [6.07, 6.45) is -0.418. The van der Waals surface area contributed by atoms with E-state index in [9.17, 15) is 21.6 Å². The highest BCUT2D eigenvalue weighted by molar-refractivity contribution is 7.90. The lowest BCUT2D eigenvalue weighted by Crippen LogP contribution is -2.04. The molecule has 2 aromatic rings. The molecular formula is C19H18F3NO2S. The second kappa shape index (κ2) is 6.54. The predicted octanol–water partition coefficient (Wildman–Crippen LogP) is 4.84. The Bertz CT molecular complexity index is 944. The zero-order valence-electron chi connectivity index (χ0n) is 14.3. The summed E-state index contributed by atoms with van der Waals surface area (Å²) in [6, 6.07) is 8.32. The Morgan fingerprint density at radius 2 is 1.62 bits per heavy atom. The molecule has 1 unspecified atom stereocenters. The molecule has 0 saturated carbocycles. The van der Waals surface area contributed by atoms with E-state index < -0.39 is 21.6 Å².